The number of carboxylic acid groups (broad SMARTS) is 1. The lowest BCUT2D eigenvalue weighted by Gasteiger charge is -2.27. The van der Waals surface area contributed by atoms with Gasteiger partial charge in [-0.3, -0.25) is 0 Å². The molecule has 0 aromatic heterocycles. The molecule has 0 aliphatic heterocycles. The molecule has 0 aliphatic rings. The third kappa shape index (κ3) is 4.10. The van der Waals surface area contributed by atoms with Gasteiger partial charge in [-0.15, -0.1) is 0 Å². The second-order valence-corrected chi connectivity index (χ2v) is 7.59. The van der Waals surface area contributed by atoms with Crippen molar-refractivity contribution < 1.29 is 15.0 Å². The van der Waals surface area contributed by atoms with E-state index >= 15 is 0 Å². The first-order chi connectivity index (χ1) is 9.34. The lowest BCUT2D eigenvalue weighted by Crippen LogP contribution is -2.17. The van der Waals surface area contributed by atoms with Gasteiger partial charge in [0.05, 0.1) is 0 Å². The van der Waals surface area contributed by atoms with Crippen molar-refractivity contribution in [1.29, 1.82) is 0 Å². The lowest BCUT2D eigenvalue weighted by molar-refractivity contribution is -0.132. The van der Waals surface area contributed by atoms with Crippen molar-refractivity contribution in [3.63, 3.8) is 0 Å². The summed E-state index contributed by atoms with van der Waals surface area (Å²) < 4.78 is 0. The Morgan fingerprint density at radius 2 is 1.57 bits per heavy atom. The fourth-order valence-electron chi connectivity index (χ4n) is 2.07. The molecule has 0 radical (unpaired) electrons. The molecule has 116 valence electrons. The van der Waals surface area contributed by atoms with E-state index in [1.54, 1.807) is 0 Å². The Hall–Kier alpha value is -1.77. The van der Waals surface area contributed by atoms with Crippen LogP contribution >= 0.6 is 0 Å². The van der Waals surface area contributed by atoms with Gasteiger partial charge < -0.3 is 10.2 Å². The third-order valence-corrected chi connectivity index (χ3v) is 3.52. The normalized spacial score (nSPS) is 13.4. The van der Waals surface area contributed by atoms with Crippen molar-refractivity contribution in [2.45, 2.75) is 59.3 Å². The summed E-state index contributed by atoms with van der Waals surface area (Å²) in [7, 11) is 0. The van der Waals surface area contributed by atoms with E-state index in [1.807, 2.05) is 32.9 Å². The van der Waals surface area contributed by atoms with Crippen LogP contribution < -0.4 is 0 Å². The van der Waals surface area contributed by atoms with Crippen LogP contribution in [0.5, 0.6) is 5.75 Å². The Morgan fingerprint density at radius 1 is 1.05 bits per heavy atom. The summed E-state index contributed by atoms with van der Waals surface area (Å²) in [6.07, 6.45) is 1.53. The molecule has 0 fully saturated rings. The van der Waals surface area contributed by atoms with Crippen LogP contribution in [0, 0.1) is 0 Å². The summed E-state index contributed by atoms with van der Waals surface area (Å²) in [5, 5.41) is 19.6. The molecule has 1 aromatic rings. The minimum atomic E-state index is -0.979. The molecule has 0 spiro atoms. The molecule has 0 amide bonds. The monoisotopic (exact) mass is 290 g/mol. The van der Waals surface area contributed by atoms with Crippen molar-refractivity contribution in [1.82, 2.24) is 0 Å². The highest BCUT2D eigenvalue weighted by Crippen LogP contribution is 2.38. The fraction of sp³-hybridized carbons (Fsp3) is 0.500. The number of hydrogen-bond acceptors (Lipinski definition) is 2. The summed E-state index contributed by atoms with van der Waals surface area (Å²) in [5.74, 6) is -0.816. The molecule has 0 aliphatic carbocycles. The highest BCUT2D eigenvalue weighted by Gasteiger charge is 2.24. The van der Waals surface area contributed by atoms with E-state index < -0.39 is 5.97 Å². The molecule has 3 nitrogen and oxygen atoms in total. The fourth-order valence-corrected chi connectivity index (χ4v) is 2.07. The number of aromatic hydroxyl groups is 1. The van der Waals surface area contributed by atoms with Gasteiger partial charge in [0, 0.05) is 16.7 Å². The number of carboxylic acids is 1. The van der Waals surface area contributed by atoms with E-state index in [0.29, 0.717) is 5.56 Å². The number of benzene rings is 1. The second-order valence-electron chi connectivity index (χ2n) is 7.59. The Balaban J connectivity index is 3.65. The quantitative estimate of drug-likeness (QED) is 0.790. The Morgan fingerprint density at radius 3 is 1.95 bits per heavy atom. The van der Waals surface area contributed by atoms with Crippen LogP contribution in [-0.4, -0.2) is 16.2 Å². The largest absolute Gasteiger partial charge is 0.507 e. The van der Waals surface area contributed by atoms with E-state index in [-0.39, 0.29) is 22.2 Å². The van der Waals surface area contributed by atoms with Crippen LogP contribution in [0.1, 0.15) is 65.2 Å². The number of carbonyl (C=O) groups is 1. The van der Waals surface area contributed by atoms with Gasteiger partial charge in [0.1, 0.15) is 5.75 Å². The van der Waals surface area contributed by atoms with E-state index in [9.17, 15) is 9.90 Å². The maximum absolute atomic E-state index is 11.0. The molecular formula is C18H26O3. The van der Waals surface area contributed by atoms with Gasteiger partial charge in [0.25, 0.3) is 0 Å². The lowest BCUT2D eigenvalue weighted by atomic mass is 9.79. The summed E-state index contributed by atoms with van der Waals surface area (Å²) in [6, 6.07) is 3.89. The van der Waals surface area contributed by atoms with E-state index in [4.69, 9.17) is 5.11 Å². The van der Waals surface area contributed by atoms with E-state index in [2.05, 4.69) is 20.8 Å². The maximum Gasteiger partial charge on any atom is 0.331 e. The van der Waals surface area contributed by atoms with Crippen molar-refractivity contribution in [2.75, 3.05) is 0 Å². The standard InChI is InChI=1S/C18H26O3/c1-11(16(20)21)8-12-9-13(17(2,3)4)10-14(15(12)19)18(5,6)7/h8-10,19H,1-7H3,(H,20,21)/b11-8+. The zero-order chi connectivity index (χ0) is 16.6. The van der Waals surface area contributed by atoms with Gasteiger partial charge in [0.2, 0.25) is 0 Å². The zero-order valence-corrected chi connectivity index (χ0v) is 14.0. The Kier molecular flexibility index (Phi) is 4.57. The predicted octanol–water partition coefficient (Wildman–Crippen LogP) is 4.48. The van der Waals surface area contributed by atoms with Crippen molar-refractivity contribution in [3.8, 4) is 5.75 Å². The Labute approximate surface area is 127 Å². The predicted molar refractivity (Wildman–Crippen MR) is 86.8 cm³/mol. The van der Waals surface area contributed by atoms with Gasteiger partial charge in [0.15, 0.2) is 0 Å². The van der Waals surface area contributed by atoms with Crippen molar-refractivity contribution >= 4 is 12.0 Å². The summed E-state index contributed by atoms with van der Waals surface area (Å²) >= 11 is 0. The molecule has 0 atom stereocenters. The molecule has 2 N–H and O–H groups in total. The average molecular weight is 290 g/mol. The van der Waals surface area contributed by atoms with Gasteiger partial charge in [-0.25, -0.2) is 4.79 Å². The van der Waals surface area contributed by atoms with Gasteiger partial charge >= 0.3 is 5.97 Å². The summed E-state index contributed by atoms with van der Waals surface area (Å²) in [6.45, 7) is 13.9. The average Bonchev–Trinajstić information content (AvgIpc) is 2.28. The van der Waals surface area contributed by atoms with Crippen LogP contribution in [-0.2, 0) is 15.6 Å². The first-order valence-corrected chi connectivity index (χ1v) is 7.13. The molecule has 0 heterocycles. The smallest absolute Gasteiger partial charge is 0.331 e. The van der Waals surface area contributed by atoms with Gasteiger partial charge in [-0.05, 0) is 35.5 Å². The van der Waals surface area contributed by atoms with Gasteiger partial charge in [-0.1, -0.05) is 47.6 Å². The first-order valence-electron chi connectivity index (χ1n) is 7.13. The van der Waals surface area contributed by atoms with Crippen molar-refractivity contribution in [3.05, 3.63) is 34.4 Å². The third-order valence-electron chi connectivity index (χ3n) is 3.52. The molecule has 1 aromatic carbocycles. The molecule has 1 rings (SSSR count). The number of hydrogen-bond donors (Lipinski definition) is 2. The minimum Gasteiger partial charge on any atom is -0.507 e. The molecular weight excluding hydrogens is 264 g/mol. The topological polar surface area (TPSA) is 57.5 Å². The highest BCUT2D eigenvalue weighted by molar-refractivity contribution is 5.92. The highest BCUT2D eigenvalue weighted by atomic mass is 16.4. The molecule has 0 bridgehead atoms. The SMILES string of the molecule is C/C(=C\c1cc(C(C)(C)C)cc(C(C)(C)C)c1O)C(=O)O. The molecule has 21 heavy (non-hydrogen) atoms. The molecule has 3 heteroatoms. The van der Waals surface area contributed by atoms with Crippen LogP contribution in [0.3, 0.4) is 0 Å². The van der Waals surface area contributed by atoms with Crippen LogP contribution in [0.4, 0.5) is 0 Å². The van der Waals surface area contributed by atoms with Crippen LogP contribution in [0.25, 0.3) is 6.08 Å². The minimum absolute atomic E-state index is 0.0760. The molecule has 0 unspecified atom stereocenters. The molecule has 0 saturated carbocycles. The van der Waals surface area contributed by atoms with Crippen LogP contribution in [0.2, 0.25) is 0 Å². The number of phenolic OH excluding ortho intramolecular Hbond substituents is 1. The first kappa shape index (κ1) is 17.3. The summed E-state index contributed by atoms with van der Waals surface area (Å²) in [4.78, 5) is 11.0. The number of phenols is 1. The van der Waals surface area contributed by atoms with Crippen molar-refractivity contribution in [2.24, 2.45) is 0 Å². The van der Waals surface area contributed by atoms with E-state index in [0.717, 1.165) is 11.1 Å². The number of rotatable bonds is 2. The van der Waals surface area contributed by atoms with E-state index in [1.165, 1.54) is 13.0 Å². The Bertz CT molecular complexity index is 582. The zero-order valence-electron chi connectivity index (χ0n) is 14.0. The molecule has 0 saturated heterocycles. The number of aliphatic carboxylic acids is 1. The second kappa shape index (κ2) is 5.55. The van der Waals surface area contributed by atoms with Crippen LogP contribution in [0.15, 0.2) is 17.7 Å². The summed E-state index contributed by atoms with van der Waals surface area (Å²) in [5.41, 5.74) is 2.39. The maximum atomic E-state index is 11.0. The van der Waals surface area contributed by atoms with Gasteiger partial charge in [-0.2, -0.15) is 0 Å².